The molecule has 1 aliphatic heterocycles. The molecule has 0 bridgehead atoms. The van der Waals surface area contributed by atoms with Crippen molar-refractivity contribution in [1.82, 2.24) is 5.32 Å². The van der Waals surface area contributed by atoms with E-state index in [0.717, 1.165) is 0 Å². The molecule has 1 saturated heterocycles. The predicted octanol–water partition coefficient (Wildman–Crippen LogP) is -0.0972. The summed E-state index contributed by atoms with van der Waals surface area (Å²) in [6.45, 7) is 0.754. The second-order valence-corrected chi connectivity index (χ2v) is 5.31. The van der Waals surface area contributed by atoms with E-state index in [1.54, 1.807) is 6.07 Å². The van der Waals surface area contributed by atoms with E-state index in [0.29, 0.717) is 25.2 Å². The van der Waals surface area contributed by atoms with Crippen LogP contribution in [0.4, 0.5) is 11.4 Å². The number of aliphatic hydroxyl groups is 1. The van der Waals surface area contributed by atoms with E-state index in [1.807, 2.05) is 11.0 Å². The molecule has 0 saturated carbocycles. The molecular formula is C14H18ClN5O4. The first-order chi connectivity index (χ1) is 11.0. The second-order valence-electron chi connectivity index (χ2n) is 5.31. The normalized spacial score (nSPS) is 17.7. The van der Waals surface area contributed by atoms with E-state index < -0.39 is 16.9 Å². The third kappa shape index (κ3) is 4.32. The molecule has 0 aromatic heterocycles. The fourth-order valence-corrected chi connectivity index (χ4v) is 2.63. The zero-order valence-electron chi connectivity index (χ0n) is 12.7. The molecule has 1 fully saturated rings. The highest BCUT2D eigenvalue weighted by Crippen LogP contribution is 2.27. The number of halogens is 1. The summed E-state index contributed by atoms with van der Waals surface area (Å²) in [7, 11) is 0. The lowest BCUT2D eigenvalue weighted by Gasteiger charge is -2.21. The summed E-state index contributed by atoms with van der Waals surface area (Å²) in [6.07, 6.45) is 0.700. The summed E-state index contributed by atoms with van der Waals surface area (Å²) >= 11 is 0. The molecule has 1 aromatic carbocycles. The van der Waals surface area contributed by atoms with Gasteiger partial charge in [0, 0.05) is 31.3 Å². The van der Waals surface area contributed by atoms with E-state index in [9.17, 15) is 20.2 Å². The molecule has 0 unspecified atom stereocenters. The summed E-state index contributed by atoms with van der Waals surface area (Å²) in [5.41, 5.74) is 5.89. The molecule has 1 heterocycles. The van der Waals surface area contributed by atoms with E-state index in [-0.39, 0.29) is 36.3 Å². The summed E-state index contributed by atoms with van der Waals surface area (Å²) in [5.74, 6) is -0.626. The van der Waals surface area contributed by atoms with Crippen LogP contribution in [-0.2, 0) is 4.79 Å². The SMILES string of the molecule is Cl.N#Cc1cc([N+](=O)[O-])ccc1N1CC[C@H](N[C@@H](CO)C(N)=O)C1. The Balaban J connectivity index is 0.00000288. The van der Waals surface area contributed by atoms with Gasteiger partial charge in [0.2, 0.25) is 5.91 Å². The summed E-state index contributed by atoms with van der Waals surface area (Å²) in [4.78, 5) is 23.3. The number of amides is 1. The van der Waals surface area contributed by atoms with Gasteiger partial charge in [0.15, 0.2) is 0 Å². The number of aliphatic hydroxyl groups excluding tert-OH is 1. The highest BCUT2D eigenvalue weighted by molar-refractivity contribution is 5.85. The third-order valence-corrected chi connectivity index (χ3v) is 3.80. The second kappa shape index (κ2) is 8.44. The summed E-state index contributed by atoms with van der Waals surface area (Å²) in [6, 6.07) is 5.25. The smallest absolute Gasteiger partial charge is 0.270 e. The topological polar surface area (TPSA) is 146 Å². The number of non-ortho nitro benzene ring substituents is 1. The number of carbonyl (C=O) groups is 1. The lowest BCUT2D eigenvalue weighted by Crippen LogP contribution is -2.49. The Morgan fingerprint density at radius 3 is 2.88 bits per heavy atom. The van der Waals surface area contributed by atoms with Crippen molar-refractivity contribution in [3.05, 3.63) is 33.9 Å². The molecule has 2 rings (SSSR count). The summed E-state index contributed by atoms with van der Waals surface area (Å²) < 4.78 is 0. The molecule has 2 atom stereocenters. The number of rotatable bonds is 6. The molecule has 0 spiro atoms. The van der Waals surface area contributed by atoms with Crippen LogP contribution >= 0.6 is 12.4 Å². The monoisotopic (exact) mass is 355 g/mol. The van der Waals surface area contributed by atoms with E-state index in [1.165, 1.54) is 12.1 Å². The van der Waals surface area contributed by atoms with Gasteiger partial charge in [-0.05, 0) is 12.5 Å². The van der Waals surface area contributed by atoms with Gasteiger partial charge in [0.25, 0.3) is 5.69 Å². The number of nitro groups is 1. The highest BCUT2D eigenvalue weighted by atomic mass is 35.5. The van der Waals surface area contributed by atoms with Gasteiger partial charge < -0.3 is 15.7 Å². The fourth-order valence-electron chi connectivity index (χ4n) is 2.63. The van der Waals surface area contributed by atoms with Crippen LogP contribution in [0.3, 0.4) is 0 Å². The lowest BCUT2D eigenvalue weighted by atomic mass is 10.1. The van der Waals surface area contributed by atoms with Crippen LogP contribution in [-0.4, -0.2) is 47.7 Å². The van der Waals surface area contributed by atoms with Crippen molar-refractivity contribution < 1.29 is 14.8 Å². The number of nitrogens with two attached hydrogens (primary N) is 1. The Bertz CT molecular complexity index is 663. The predicted molar refractivity (Wildman–Crippen MR) is 88.9 cm³/mol. The zero-order chi connectivity index (χ0) is 17.0. The molecule has 130 valence electrons. The van der Waals surface area contributed by atoms with Gasteiger partial charge in [-0.2, -0.15) is 5.26 Å². The molecule has 24 heavy (non-hydrogen) atoms. The standard InChI is InChI=1S/C14H17N5O4.ClH/c15-6-9-5-11(19(22)23)1-2-13(9)18-4-3-10(7-18)17-12(8-20)14(16)21;/h1-2,5,10,12,17,20H,3-4,7-8H2,(H2,16,21);1H/t10-,12-;/m0./s1. The van der Waals surface area contributed by atoms with Crippen molar-refractivity contribution >= 4 is 29.7 Å². The Kier molecular flexibility index (Phi) is 6.91. The average molecular weight is 356 g/mol. The number of nitro benzene ring substituents is 1. The van der Waals surface area contributed by atoms with Crippen molar-refractivity contribution in [3.63, 3.8) is 0 Å². The molecule has 1 amide bonds. The Labute approximate surface area is 144 Å². The van der Waals surface area contributed by atoms with Gasteiger partial charge in [-0.25, -0.2) is 0 Å². The van der Waals surface area contributed by atoms with Crippen LogP contribution in [0.2, 0.25) is 0 Å². The minimum atomic E-state index is -0.813. The molecule has 0 aliphatic carbocycles. The number of nitrogens with one attached hydrogen (secondary N) is 1. The van der Waals surface area contributed by atoms with Crippen LogP contribution in [0, 0.1) is 21.4 Å². The van der Waals surface area contributed by atoms with Crippen LogP contribution in [0.1, 0.15) is 12.0 Å². The first-order valence-electron chi connectivity index (χ1n) is 7.06. The van der Waals surface area contributed by atoms with Crippen molar-refractivity contribution in [2.45, 2.75) is 18.5 Å². The number of benzene rings is 1. The number of nitriles is 1. The highest BCUT2D eigenvalue weighted by Gasteiger charge is 2.28. The number of anilines is 1. The quantitative estimate of drug-likeness (QED) is 0.477. The van der Waals surface area contributed by atoms with Crippen molar-refractivity contribution in [2.24, 2.45) is 5.73 Å². The van der Waals surface area contributed by atoms with Gasteiger partial charge in [-0.1, -0.05) is 0 Å². The molecule has 9 nitrogen and oxygen atoms in total. The number of hydrogen-bond acceptors (Lipinski definition) is 7. The zero-order valence-corrected chi connectivity index (χ0v) is 13.5. The van der Waals surface area contributed by atoms with Gasteiger partial charge in [-0.3, -0.25) is 20.2 Å². The maximum absolute atomic E-state index is 11.2. The van der Waals surface area contributed by atoms with Crippen LogP contribution in [0.25, 0.3) is 0 Å². The van der Waals surface area contributed by atoms with Crippen molar-refractivity contribution in [2.75, 3.05) is 24.6 Å². The third-order valence-electron chi connectivity index (χ3n) is 3.80. The van der Waals surface area contributed by atoms with Gasteiger partial charge in [0.05, 0.1) is 22.8 Å². The van der Waals surface area contributed by atoms with Gasteiger partial charge in [-0.15, -0.1) is 12.4 Å². The van der Waals surface area contributed by atoms with E-state index in [2.05, 4.69) is 5.32 Å². The van der Waals surface area contributed by atoms with Crippen molar-refractivity contribution in [3.8, 4) is 6.07 Å². The number of hydrogen-bond donors (Lipinski definition) is 3. The van der Waals surface area contributed by atoms with Gasteiger partial charge in [0.1, 0.15) is 12.1 Å². The van der Waals surface area contributed by atoms with Crippen LogP contribution in [0.15, 0.2) is 18.2 Å². The largest absolute Gasteiger partial charge is 0.394 e. The Morgan fingerprint density at radius 1 is 1.62 bits per heavy atom. The maximum Gasteiger partial charge on any atom is 0.270 e. The van der Waals surface area contributed by atoms with E-state index >= 15 is 0 Å². The number of primary amides is 1. The molecule has 1 aliphatic rings. The minimum Gasteiger partial charge on any atom is -0.394 e. The van der Waals surface area contributed by atoms with E-state index in [4.69, 9.17) is 10.8 Å². The van der Waals surface area contributed by atoms with Crippen LogP contribution in [0.5, 0.6) is 0 Å². The average Bonchev–Trinajstić information content (AvgIpc) is 2.99. The van der Waals surface area contributed by atoms with Crippen molar-refractivity contribution in [1.29, 1.82) is 5.26 Å². The lowest BCUT2D eigenvalue weighted by molar-refractivity contribution is -0.384. The maximum atomic E-state index is 11.2. The first-order valence-corrected chi connectivity index (χ1v) is 7.06. The molecular weight excluding hydrogens is 338 g/mol. The Morgan fingerprint density at radius 2 is 2.33 bits per heavy atom. The number of carbonyl (C=O) groups excluding carboxylic acids is 1. The number of nitrogens with zero attached hydrogens (tertiary/aromatic N) is 3. The first kappa shape index (κ1) is 19.6. The molecule has 10 heteroatoms. The van der Waals surface area contributed by atoms with Crippen LogP contribution < -0.4 is 16.0 Å². The fraction of sp³-hybridized carbons (Fsp3) is 0.429. The molecule has 1 aromatic rings. The Hall–Kier alpha value is -2.41. The summed E-state index contributed by atoms with van der Waals surface area (Å²) in [5, 5.41) is 32.1. The van der Waals surface area contributed by atoms with Gasteiger partial charge >= 0.3 is 0 Å². The molecule has 4 N–H and O–H groups in total. The molecule has 0 radical (unpaired) electrons. The minimum absolute atomic E-state index is 0.